The lowest BCUT2D eigenvalue weighted by Crippen LogP contribution is -2.28. The zero-order chi connectivity index (χ0) is 14.5. The molecule has 0 aliphatic heterocycles. The van der Waals surface area contributed by atoms with E-state index in [-0.39, 0.29) is 17.9 Å². The molecule has 0 aliphatic carbocycles. The van der Waals surface area contributed by atoms with E-state index in [1.54, 1.807) is 24.4 Å². The van der Waals surface area contributed by atoms with Gasteiger partial charge in [-0.1, -0.05) is 0 Å². The number of hydrogen-bond donors (Lipinski definition) is 0. The Kier molecular flexibility index (Phi) is 4.34. The first-order valence-electron chi connectivity index (χ1n) is 6.54. The van der Waals surface area contributed by atoms with Gasteiger partial charge in [-0.25, -0.2) is 4.68 Å². The van der Waals surface area contributed by atoms with E-state index in [1.165, 1.54) is 4.68 Å². The van der Waals surface area contributed by atoms with Gasteiger partial charge in [0, 0.05) is 19.2 Å². The highest BCUT2D eigenvalue weighted by Crippen LogP contribution is 2.10. The lowest BCUT2D eigenvalue weighted by atomic mass is 10.3. The highest BCUT2D eigenvalue weighted by atomic mass is 16.3. The molecule has 106 valence electrons. The van der Waals surface area contributed by atoms with Gasteiger partial charge < -0.3 is 9.32 Å². The Morgan fingerprint density at radius 3 is 2.65 bits per heavy atom. The monoisotopic (exact) mass is 275 g/mol. The predicted octanol–water partition coefficient (Wildman–Crippen LogP) is 1.54. The van der Waals surface area contributed by atoms with Crippen molar-refractivity contribution in [2.75, 3.05) is 18.0 Å². The van der Waals surface area contributed by atoms with Gasteiger partial charge in [0.25, 0.3) is 5.56 Å². The molecule has 0 bridgehead atoms. The molecule has 2 heterocycles. The summed E-state index contributed by atoms with van der Waals surface area (Å²) in [6.07, 6.45) is 2.29. The molecule has 2 aromatic rings. The zero-order valence-electron chi connectivity index (χ0n) is 11.6. The van der Waals surface area contributed by atoms with Crippen LogP contribution in [0.1, 0.15) is 30.2 Å². The maximum atomic E-state index is 12.0. The molecular formula is C14H17N3O3. The van der Waals surface area contributed by atoms with Gasteiger partial charge in [0.2, 0.25) is 0 Å². The number of furan rings is 1. The Morgan fingerprint density at radius 2 is 2.10 bits per heavy atom. The largest absolute Gasteiger partial charge is 0.456 e. The Hall–Kier alpha value is -2.37. The Bertz CT molecular complexity index is 641. The smallest absolute Gasteiger partial charge is 0.269 e. The first kappa shape index (κ1) is 14.0. The van der Waals surface area contributed by atoms with E-state index in [0.717, 1.165) is 18.8 Å². The number of hydrogen-bond acceptors (Lipinski definition) is 5. The fourth-order valence-corrected chi connectivity index (χ4v) is 1.99. The standard InChI is InChI=1S/C14H17N3O3/c1-3-16(4-2)11-7-14(19)17(15-8-11)9-12-5-6-13(10-18)20-12/h5-8,10H,3-4,9H2,1-2H3. The van der Waals surface area contributed by atoms with Gasteiger partial charge in [0.05, 0.1) is 11.9 Å². The lowest BCUT2D eigenvalue weighted by Gasteiger charge is -2.20. The summed E-state index contributed by atoms with van der Waals surface area (Å²) in [5, 5.41) is 4.14. The van der Waals surface area contributed by atoms with Crippen LogP contribution in [0.3, 0.4) is 0 Å². The molecule has 0 spiro atoms. The van der Waals surface area contributed by atoms with Gasteiger partial charge in [0.15, 0.2) is 12.0 Å². The van der Waals surface area contributed by atoms with Crippen LogP contribution in [0.15, 0.2) is 33.6 Å². The van der Waals surface area contributed by atoms with Crippen LogP contribution in [0.5, 0.6) is 0 Å². The molecule has 6 heteroatoms. The van der Waals surface area contributed by atoms with E-state index in [1.807, 2.05) is 13.8 Å². The molecule has 0 amide bonds. The number of rotatable bonds is 6. The molecule has 0 unspecified atom stereocenters. The van der Waals surface area contributed by atoms with Crippen molar-refractivity contribution < 1.29 is 9.21 Å². The van der Waals surface area contributed by atoms with Gasteiger partial charge in [-0.2, -0.15) is 5.10 Å². The van der Waals surface area contributed by atoms with Gasteiger partial charge in [-0.15, -0.1) is 0 Å². The Labute approximate surface area is 116 Å². The first-order valence-corrected chi connectivity index (χ1v) is 6.54. The van der Waals surface area contributed by atoms with E-state index in [9.17, 15) is 9.59 Å². The number of carbonyl (C=O) groups is 1. The minimum atomic E-state index is -0.196. The minimum absolute atomic E-state index is 0.196. The van der Waals surface area contributed by atoms with E-state index >= 15 is 0 Å². The van der Waals surface area contributed by atoms with E-state index < -0.39 is 0 Å². The molecule has 6 nitrogen and oxygen atoms in total. The third-order valence-corrected chi connectivity index (χ3v) is 3.09. The van der Waals surface area contributed by atoms with Crippen LogP contribution in [0.2, 0.25) is 0 Å². The second kappa shape index (κ2) is 6.18. The average molecular weight is 275 g/mol. The summed E-state index contributed by atoms with van der Waals surface area (Å²) < 4.78 is 6.54. The van der Waals surface area contributed by atoms with Crippen molar-refractivity contribution in [1.29, 1.82) is 0 Å². The van der Waals surface area contributed by atoms with Crippen molar-refractivity contribution in [3.63, 3.8) is 0 Å². The van der Waals surface area contributed by atoms with Crippen LogP contribution in [0.4, 0.5) is 5.69 Å². The van der Waals surface area contributed by atoms with Gasteiger partial charge >= 0.3 is 0 Å². The van der Waals surface area contributed by atoms with Crippen LogP contribution < -0.4 is 10.5 Å². The van der Waals surface area contributed by atoms with Crippen molar-refractivity contribution in [3.8, 4) is 0 Å². The summed E-state index contributed by atoms with van der Waals surface area (Å²) in [4.78, 5) is 24.6. The molecule has 0 N–H and O–H groups in total. The molecule has 0 aromatic carbocycles. The molecule has 0 atom stereocenters. The SMILES string of the molecule is CCN(CC)c1cnn(Cc2ccc(C=O)o2)c(=O)c1. The van der Waals surface area contributed by atoms with Crippen LogP contribution >= 0.6 is 0 Å². The van der Waals surface area contributed by atoms with Crippen molar-refractivity contribution in [2.45, 2.75) is 20.4 Å². The van der Waals surface area contributed by atoms with Crippen LogP contribution in [0, 0.1) is 0 Å². The molecular weight excluding hydrogens is 258 g/mol. The van der Waals surface area contributed by atoms with Crippen molar-refractivity contribution in [1.82, 2.24) is 9.78 Å². The lowest BCUT2D eigenvalue weighted by molar-refractivity contribution is 0.109. The molecule has 0 radical (unpaired) electrons. The Morgan fingerprint density at radius 1 is 1.35 bits per heavy atom. The third-order valence-electron chi connectivity index (χ3n) is 3.09. The molecule has 0 saturated heterocycles. The molecule has 2 rings (SSSR count). The number of aromatic nitrogens is 2. The predicted molar refractivity (Wildman–Crippen MR) is 75.3 cm³/mol. The highest BCUT2D eigenvalue weighted by molar-refractivity contribution is 5.70. The van der Waals surface area contributed by atoms with E-state index in [0.29, 0.717) is 12.0 Å². The van der Waals surface area contributed by atoms with Crippen molar-refractivity contribution in [2.24, 2.45) is 0 Å². The van der Waals surface area contributed by atoms with E-state index in [4.69, 9.17) is 4.42 Å². The number of aldehydes is 1. The second-order valence-electron chi connectivity index (χ2n) is 4.30. The first-order chi connectivity index (χ1) is 9.67. The minimum Gasteiger partial charge on any atom is -0.456 e. The topological polar surface area (TPSA) is 68.3 Å². The molecule has 20 heavy (non-hydrogen) atoms. The highest BCUT2D eigenvalue weighted by Gasteiger charge is 2.08. The normalized spacial score (nSPS) is 10.5. The number of anilines is 1. The Balaban J connectivity index is 2.21. The summed E-state index contributed by atoms with van der Waals surface area (Å²) in [5.74, 6) is 0.769. The quantitative estimate of drug-likeness (QED) is 0.748. The van der Waals surface area contributed by atoms with E-state index in [2.05, 4.69) is 10.00 Å². The summed E-state index contributed by atoms with van der Waals surface area (Å²) in [6.45, 7) is 5.91. The van der Waals surface area contributed by atoms with Crippen LogP contribution in [-0.4, -0.2) is 29.2 Å². The zero-order valence-corrected chi connectivity index (χ0v) is 11.6. The van der Waals surface area contributed by atoms with Gasteiger partial charge in [-0.3, -0.25) is 9.59 Å². The van der Waals surface area contributed by atoms with Crippen molar-refractivity contribution >= 4 is 12.0 Å². The third kappa shape index (κ3) is 2.96. The molecule has 0 aliphatic rings. The second-order valence-corrected chi connectivity index (χ2v) is 4.30. The summed E-state index contributed by atoms with van der Waals surface area (Å²) in [7, 11) is 0. The fourth-order valence-electron chi connectivity index (χ4n) is 1.99. The average Bonchev–Trinajstić information content (AvgIpc) is 2.91. The van der Waals surface area contributed by atoms with Gasteiger partial charge in [-0.05, 0) is 26.0 Å². The van der Waals surface area contributed by atoms with Crippen LogP contribution in [0.25, 0.3) is 0 Å². The number of carbonyl (C=O) groups excluding carboxylic acids is 1. The summed E-state index contributed by atoms with van der Waals surface area (Å²) in [5.41, 5.74) is 0.614. The van der Waals surface area contributed by atoms with Gasteiger partial charge in [0.1, 0.15) is 12.3 Å². The maximum absolute atomic E-state index is 12.0. The van der Waals surface area contributed by atoms with Crippen LogP contribution in [-0.2, 0) is 6.54 Å². The summed E-state index contributed by atoms with van der Waals surface area (Å²) in [6, 6.07) is 4.79. The molecule has 2 aromatic heterocycles. The summed E-state index contributed by atoms with van der Waals surface area (Å²) >= 11 is 0. The van der Waals surface area contributed by atoms with Crippen molar-refractivity contribution in [3.05, 3.63) is 46.3 Å². The molecule has 0 fully saturated rings. The maximum Gasteiger partial charge on any atom is 0.269 e. The number of nitrogens with zero attached hydrogens (tertiary/aromatic N) is 3. The molecule has 0 saturated carbocycles. The fraction of sp³-hybridized carbons (Fsp3) is 0.357.